The Bertz CT molecular complexity index is 1870. The van der Waals surface area contributed by atoms with Gasteiger partial charge in [-0.2, -0.15) is 0 Å². The number of alkyl carbamates (subject to hydrolysis) is 1. The number of likely N-dealkylation sites (tertiary alicyclic amines) is 1. The zero-order chi connectivity index (χ0) is 40.1. The van der Waals surface area contributed by atoms with Crippen molar-refractivity contribution in [2.24, 2.45) is 11.8 Å². The number of aliphatic hydroxyl groups is 1. The second kappa shape index (κ2) is 17.1. The molecule has 3 aliphatic rings. The SMILES string of the molecule is CC(=O)OC(CNC(=O)OCc1ccc([N+](=O)[O-])cc1)C[C@@H]1C[C@H](SC2=C(C(=O)O)N3C(=O)[C@H]([C@@H](C)O)[C@H]3[C@H]2C)CN1C(=O)OCc1ccc([N+](=O)[O-])cc1. The number of nitro groups is 2. The van der Waals surface area contributed by atoms with Crippen LogP contribution in [-0.4, -0.2) is 103 Å². The van der Waals surface area contributed by atoms with Gasteiger partial charge in [0.25, 0.3) is 11.4 Å². The molecule has 2 saturated heterocycles. The van der Waals surface area contributed by atoms with Gasteiger partial charge in [-0.25, -0.2) is 14.4 Å². The van der Waals surface area contributed by atoms with Crippen molar-refractivity contribution in [1.29, 1.82) is 0 Å². The Labute approximate surface area is 317 Å². The number of nitrogens with zero attached hydrogens (tertiary/aromatic N) is 4. The maximum atomic E-state index is 13.6. The minimum atomic E-state index is -1.30. The summed E-state index contributed by atoms with van der Waals surface area (Å²) in [5, 5.41) is 44.4. The van der Waals surface area contributed by atoms with Gasteiger partial charge in [-0.1, -0.05) is 6.92 Å². The molecule has 0 aliphatic carbocycles. The third kappa shape index (κ3) is 9.31. The van der Waals surface area contributed by atoms with Crippen LogP contribution in [0.15, 0.2) is 59.1 Å². The maximum Gasteiger partial charge on any atom is 0.410 e. The van der Waals surface area contributed by atoms with Crippen LogP contribution in [0.2, 0.25) is 0 Å². The van der Waals surface area contributed by atoms with Gasteiger partial charge in [0.1, 0.15) is 25.0 Å². The first-order chi connectivity index (χ1) is 26.0. The average Bonchev–Trinajstić information content (AvgIpc) is 3.64. The van der Waals surface area contributed by atoms with Gasteiger partial charge in [-0.3, -0.25) is 29.8 Å². The van der Waals surface area contributed by atoms with Crippen molar-refractivity contribution in [2.75, 3.05) is 13.1 Å². The number of β-lactam (4-membered cyclic amide) rings is 1. The van der Waals surface area contributed by atoms with E-state index in [0.29, 0.717) is 16.0 Å². The quantitative estimate of drug-likeness (QED) is 0.0764. The number of amides is 3. The van der Waals surface area contributed by atoms with E-state index in [-0.39, 0.29) is 56.2 Å². The summed E-state index contributed by atoms with van der Waals surface area (Å²) in [5.41, 5.74) is 0.526. The number of ether oxygens (including phenoxy) is 3. The van der Waals surface area contributed by atoms with E-state index in [4.69, 9.17) is 14.2 Å². The number of benzene rings is 2. The van der Waals surface area contributed by atoms with E-state index >= 15 is 0 Å². The van der Waals surface area contributed by atoms with Crippen LogP contribution in [0, 0.1) is 32.1 Å². The maximum absolute atomic E-state index is 13.6. The fourth-order valence-electron chi connectivity index (χ4n) is 7.03. The van der Waals surface area contributed by atoms with Gasteiger partial charge in [0.2, 0.25) is 5.91 Å². The summed E-state index contributed by atoms with van der Waals surface area (Å²) in [4.78, 5) is 87.5. The molecule has 294 valence electrons. The Balaban J connectivity index is 1.30. The Morgan fingerprint density at radius 1 is 0.982 bits per heavy atom. The van der Waals surface area contributed by atoms with Crippen molar-refractivity contribution >= 4 is 53.2 Å². The van der Waals surface area contributed by atoms with E-state index < -0.39 is 81.3 Å². The van der Waals surface area contributed by atoms with E-state index in [1.54, 1.807) is 6.92 Å². The van der Waals surface area contributed by atoms with E-state index in [9.17, 15) is 54.4 Å². The van der Waals surface area contributed by atoms with Gasteiger partial charge >= 0.3 is 24.1 Å². The van der Waals surface area contributed by atoms with Crippen LogP contribution < -0.4 is 5.32 Å². The number of carbonyl (C=O) groups excluding carboxylic acids is 4. The highest BCUT2D eigenvalue weighted by Gasteiger charge is 2.60. The van der Waals surface area contributed by atoms with Crippen LogP contribution in [0.3, 0.4) is 0 Å². The first-order valence-corrected chi connectivity index (χ1v) is 18.1. The molecule has 2 aromatic rings. The summed E-state index contributed by atoms with van der Waals surface area (Å²) >= 11 is 1.21. The minimum Gasteiger partial charge on any atom is -0.477 e. The average molecular weight is 786 g/mol. The number of fused-ring (bicyclic) bond motifs is 1. The highest BCUT2D eigenvalue weighted by molar-refractivity contribution is 8.03. The van der Waals surface area contributed by atoms with Gasteiger partial charge in [0.05, 0.1) is 34.5 Å². The molecule has 20 heteroatoms. The molecular formula is C35H39N5O14S. The minimum absolute atomic E-state index is 0.0175. The van der Waals surface area contributed by atoms with Crippen molar-refractivity contribution in [1.82, 2.24) is 15.1 Å². The number of aliphatic carboxylic acids is 1. The van der Waals surface area contributed by atoms with Crippen LogP contribution in [-0.2, 0) is 41.8 Å². The molecule has 0 radical (unpaired) electrons. The molecule has 55 heavy (non-hydrogen) atoms. The number of hydrogen-bond acceptors (Lipinski definition) is 14. The van der Waals surface area contributed by atoms with Gasteiger partial charge in [-0.05, 0) is 48.7 Å². The predicted molar refractivity (Wildman–Crippen MR) is 191 cm³/mol. The molecule has 7 atom stereocenters. The molecule has 1 unspecified atom stereocenters. The summed E-state index contributed by atoms with van der Waals surface area (Å²) in [5.74, 6) is -3.64. The second-order valence-electron chi connectivity index (χ2n) is 13.4. The largest absolute Gasteiger partial charge is 0.477 e. The number of non-ortho nitro benzene ring substituents is 2. The van der Waals surface area contributed by atoms with Crippen molar-refractivity contribution in [3.8, 4) is 0 Å². The molecule has 3 amide bonds. The fourth-order valence-corrected chi connectivity index (χ4v) is 8.59. The molecule has 3 N–H and O–H groups in total. The van der Waals surface area contributed by atoms with Gasteiger partial charge in [0, 0.05) is 66.3 Å². The topological polar surface area (TPSA) is 258 Å². The Morgan fingerprint density at radius 2 is 1.55 bits per heavy atom. The van der Waals surface area contributed by atoms with Crippen LogP contribution in [0.25, 0.3) is 0 Å². The number of carboxylic acid groups (broad SMARTS) is 1. The highest BCUT2D eigenvalue weighted by atomic mass is 32.2. The zero-order valence-electron chi connectivity index (χ0n) is 29.9. The third-order valence-electron chi connectivity index (χ3n) is 9.58. The summed E-state index contributed by atoms with van der Waals surface area (Å²) in [7, 11) is 0. The van der Waals surface area contributed by atoms with Crippen LogP contribution in [0.4, 0.5) is 21.0 Å². The molecule has 2 aromatic carbocycles. The standard InChI is InChI=1S/C35H39N5O14S/c1-18-29-28(19(2)41)32(43)38(29)30(33(44)45)31(18)55-27-13-25(37(15-27)35(47)53-17-22-6-10-24(11-7-22)40(50)51)12-26(54-20(3)42)14-36-34(46)52-16-21-4-8-23(9-5-21)39(48)49/h4-11,18-19,25-29,41H,12-17H2,1-3H3,(H,36,46)(H,44,45)/t18-,19-,25-,26?,27+,28-,29-/m1/s1. The number of rotatable bonds is 15. The van der Waals surface area contributed by atoms with Crippen molar-refractivity contribution in [3.63, 3.8) is 0 Å². The monoisotopic (exact) mass is 785 g/mol. The normalized spacial score (nSPS) is 22.6. The first-order valence-electron chi connectivity index (χ1n) is 17.2. The Morgan fingerprint density at radius 3 is 2.05 bits per heavy atom. The van der Waals surface area contributed by atoms with Crippen LogP contribution in [0.5, 0.6) is 0 Å². The lowest BCUT2D eigenvalue weighted by Crippen LogP contribution is -2.63. The fraction of sp³-hybridized carbons (Fsp3) is 0.457. The number of nitro benzene ring substituents is 2. The Kier molecular flexibility index (Phi) is 12.6. The highest BCUT2D eigenvalue weighted by Crippen LogP contribution is 2.52. The lowest BCUT2D eigenvalue weighted by atomic mass is 9.79. The van der Waals surface area contributed by atoms with Crippen molar-refractivity contribution in [3.05, 3.63) is 90.5 Å². The molecule has 0 aromatic heterocycles. The number of aliphatic hydroxyl groups excluding tert-OH is 1. The van der Waals surface area contributed by atoms with Crippen LogP contribution in [0.1, 0.15) is 44.7 Å². The number of carbonyl (C=O) groups is 5. The zero-order valence-corrected chi connectivity index (χ0v) is 30.7. The van der Waals surface area contributed by atoms with E-state index in [0.717, 1.165) is 0 Å². The lowest BCUT2D eigenvalue weighted by Gasteiger charge is -2.46. The molecule has 19 nitrogen and oxygen atoms in total. The molecule has 5 rings (SSSR count). The number of esters is 1. The number of hydrogen-bond donors (Lipinski definition) is 3. The summed E-state index contributed by atoms with van der Waals surface area (Å²) < 4.78 is 16.3. The van der Waals surface area contributed by atoms with Crippen molar-refractivity contribution < 1.29 is 58.2 Å². The Hall–Kier alpha value is -5.76. The van der Waals surface area contributed by atoms with Gasteiger partial charge < -0.3 is 39.5 Å². The number of thioether (sulfide) groups is 1. The second-order valence-corrected chi connectivity index (χ2v) is 14.7. The summed E-state index contributed by atoms with van der Waals surface area (Å²) in [6, 6.07) is 9.65. The molecular weight excluding hydrogens is 746 g/mol. The smallest absolute Gasteiger partial charge is 0.410 e. The molecule has 3 aliphatic heterocycles. The molecule has 0 saturated carbocycles. The van der Waals surface area contributed by atoms with E-state index in [1.165, 1.54) is 83.9 Å². The number of carboxylic acids is 1. The summed E-state index contributed by atoms with van der Waals surface area (Å²) in [6.07, 6.45) is -3.30. The molecule has 0 spiro atoms. The van der Waals surface area contributed by atoms with E-state index in [1.807, 2.05) is 0 Å². The van der Waals surface area contributed by atoms with E-state index in [2.05, 4.69) is 5.32 Å². The first kappa shape index (κ1) is 40.4. The van der Waals surface area contributed by atoms with Crippen molar-refractivity contribution in [2.45, 2.75) is 76.4 Å². The lowest BCUT2D eigenvalue weighted by molar-refractivity contribution is -0.385. The third-order valence-corrected chi connectivity index (χ3v) is 11.1. The van der Waals surface area contributed by atoms with Gasteiger partial charge in [-0.15, -0.1) is 11.8 Å². The molecule has 3 heterocycles. The number of nitrogens with one attached hydrogen (secondary N) is 1. The van der Waals surface area contributed by atoms with Gasteiger partial charge in [0.15, 0.2) is 0 Å². The predicted octanol–water partition coefficient (Wildman–Crippen LogP) is 3.72. The summed E-state index contributed by atoms with van der Waals surface area (Å²) in [6.45, 7) is 3.86. The molecule has 0 bridgehead atoms. The van der Waals surface area contributed by atoms with Crippen LogP contribution >= 0.6 is 11.8 Å². The molecule has 2 fully saturated rings.